The molecule has 0 saturated heterocycles. The van der Waals surface area contributed by atoms with Crippen LogP contribution in [0.5, 0.6) is 0 Å². The molecule has 2 aromatic carbocycles. The van der Waals surface area contributed by atoms with Gasteiger partial charge >= 0.3 is 0 Å². The molecular weight excluding hydrogens is 272 g/mol. The van der Waals surface area contributed by atoms with Gasteiger partial charge in [0.15, 0.2) is 0 Å². The Morgan fingerprint density at radius 1 is 0.773 bits per heavy atom. The first kappa shape index (κ1) is 14.0. The predicted molar refractivity (Wildman–Crippen MR) is 84.3 cm³/mol. The largest absolute Gasteiger partial charge is 0.854 e. The highest BCUT2D eigenvalue weighted by Gasteiger charge is 2.01. The van der Waals surface area contributed by atoms with Crippen LogP contribution in [0.2, 0.25) is 0 Å². The van der Waals surface area contributed by atoms with E-state index in [1.807, 2.05) is 48.5 Å². The van der Waals surface area contributed by atoms with E-state index in [9.17, 15) is 5.11 Å². The molecule has 0 spiro atoms. The molecule has 3 heteroatoms. The number of rotatable bonds is 4. The summed E-state index contributed by atoms with van der Waals surface area (Å²) in [5, 5.41) is 16.1. The third-order valence-corrected chi connectivity index (χ3v) is 3.36. The molecule has 1 aromatic heterocycles. The smallest absolute Gasteiger partial charge is 0.202 e. The van der Waals surface area contributed by atoms with Gasteiger partial charge < -0.3 is 5.11 Å². The molecule has 0 aliphatic heterocycles. The fourth-order valence-electron chi connectivity index (χ4n) is 2.21. The molecular formula is C19H16N2O. The SMILES string of the molecule is [O-]/C(=N\[n+]1ccc(Cc2ccccc2)cc1)c1ccccc1. The van der Waals surface area contributed by atoms with Crippen molar-refractivity contribution in [3.63, 3.8) is 0 Å². The summed E-state index contributed by atoms with van der Waals surface area (Å²) in [5.74, 6) is -0.249. The monoisotopic (exact) mass is 288 g/mol. The molecule has 0 amide bonds. The summed E-state index contributed by atoms with van der Waals surface area (Å²) < 4.78 is 1.55. The topological polar surface area (TPSA) is 39.3 Å². The van der Waals surface area contributed by atoms with E-state index in [2.05, 4.69) is 17.2 Å². The van der Waals surface area contributed by atoms with Crippen molar-refractivity contribution in [2.24, 2.45) is 5.10 Å². The van der Waals surface area contributed by atoms with E-state index >= 15 is 0 Å². The van der Waals surface area contributed by atoms with E-state index in [4.69, 9.17) is 0 Å². The predicted octanol–water partition coefficient (Wildman–Crippen LogP) is 2.14. The Morgan fingerprint density at radius 2 is 1.32 bits per heavy atom. The Morgan fingerprint density at radius 3 is 1.95 bits per heavy atom. The number of nitrogens with zero attached hydrogens (tertiary/aromatic N) is 2. The third kappa shape index (κ3) is 3.58. The quantitative estimate of drug-likeness (QED) is 0.412. The molecule has 3 aromatic rings. The summed E-state index contributed by atoms with van der Waals surface area (Å²) in [6.45, 7) is 0. The maximum atomic E-state index is 12.0. The first-order valence-electron chi connectivity index (χ1n) is 7.17. The van der Waals surface area contributed by atoms with Gasteiger partial charge in [0, 0.05) is 12.1 Å². The molecule has 0 unspecified atom stereocenters. The second kappa shape index (κ2) is 6.68. The summed E-state index contributed by atoms with van der Waals surface area (Å²) >= 11 is 0. The van der Waals surface area contributed by atoms with Gasteiger partial charge in [0.1, 0.15) is 0 Å². The second-order valence-corrected chi connectivity index (χ2v) is 5.02. The van der Waals surface area contributed by atoms with Crippen LogP contribution in [0.25, 0.3) is 0 Å². The lowest BCUT2D eigenvalue weighted by Crippen LogP contribution is -2.33. The lowest BCUT2D eigenvalue weighted by Gasteiger charge is -2.06. The van der Waals surface area contributed by atoms with E-state index in [1.165, 1.54) is 11.1 Å². The minimum Gasteiger partial charge on any atom is -0.854 e. The summed E-state index contributed by atoms with van der Waals surface area (Å²) in [5.41, 5.74) is 3.03. The van der Waals surface area contributed by atoms with Crippen LogP contribution in [0.4, 0.5) is 0 Å². The van der Waals surface area contributed by atoms with E-state index < -0.39 is 0 Å². The number of hydrogen-bond acceptors (Lipinski definition) is 2. The number of hydrogen-bond donors (Lipinski definition) is 0. The molecule has 0 fully saturated rings. The second-order valence-electron chi connectivity index (χ2n) is 5.02. The van der Waals surface area contributed by atoms with Gasteiger partial charge in [0.2, 0.25) is 12.4 Å². The van der Waals surface area contributed by atoms with Crippen LogP contribution in [0.3, 0.4) is 0 Å². The maximum absolute atomic E-state index is 12.0. The van der Waals surface area contributed by atoms with Crippen LogP contribution < -0.4 is 9.78 Å². The summed E-state index contributed by atoms with van der Waals surface area (Å²) in [6.07, 6.45) is 4.48. The van der Waals surface area contributed by atoms with Crippen LogP contribution in [0, 0.1) is 0 Å². The molecule has 0 N–H and O–H groups in total. The first-order chi connectivity index (χ1) is 10.8. The lowest BCUT2D eigenvalue weighted by atomic mass is 10.1. The van der Waals surface area contributed by atoms with Crippen molar-refractivity contribution in [2.45, 2.75) is 6.42 Å². The maximum Gasteiger partial charge on any atom is 0.202 e. The Balaban J connectivity index is 1.74. The van der Waals surface area contributed by atoms with Crippen LogP contribution in [0.1, 0.15) is 16.7 Å². The zero-order chi connectivity index (χ0) is 15.2. The average molecular weight is 288 g/mol. The highest BCUT2D eigenvalue weighted by atomic mass is 16.3. The number of benzene rings is 2. The molecule has 0 atom stereocenters. The van der Waals surface area contributed by atoms with Gasteiger partial charge in [0.05, 0.1) is 5.90 Å². The van der Waals surface area contributed by atoms with Crippen LogP contribution in [-0.4, -0.2) is 5.90 Å². The minimum absolute atomic E-state index is 0.249. The van der Waals surface area contributed by atoms with E-state index in [1.54, 1.807) is 29.2 Å². The van der Waals surface area contributed by atoms with Crippen molar-refractivity contribution < 1.29 is 9.78 Å². The summed E-state index contributed by atoms with van der Waals surface area (Å²) in [6, 6.07) is 23.3. The summed E-state index contributed by atoms with van der Waals surface area (Å²) in [7, 11) is 0. The lowest BCUT2D eigenvalue weighted by molar-refractivity contribution is -0.681. The molecule has 0 saturated carbocycles. The van der Waals surface area contributed by atoms with E-state index in [0.29, 0.717) is 5.56 Å². The Kier molecular flexibility index (Phi) is 4.25. The van der Waals surface area contributed by atoms with Gasteiger partial charge in [-0.2, -0.15) is 0 Å². The van der Waals surface area contributed by atoms with Crippen molar-refractivity contribution in [2.75, 3.05) is 0 Å². The highest BCUT2D eigenvalue weighted by molar-refractivity contribution is 5.89. The highest BCUT2D eigenvalue weighted by Crippen LogP contribution is 2.07. The van der Waals surface area contributed by atoms with Crippen LogP contribution in [-0.2, 0) is 6.42 Å². The minimum atomic E-state index is -0.249. The number of pyridine rings is 1. The van der Waals surface area contributed by atoms with E-state index in [-0.39, 0.29) is 5.90 Å². The van der Waals surface area contributed by atoms with Gasteiger partial charge in [0.25, 0.3) is 0 Å². The van der Waals surface area contributed by atoms with Crippen molar-refractivity contribution in [1.29, 1.82) is 0 Å². The molecule has 3 rings (SSSR count). The molecule has 3 nitrogen and oxygen atoms in total. The molecule has 0 bridgehead atoms. The number of aromatic nitrogens is 1. The van der Waals surface area contributed by atoms with Crippen molar-refractivity contribution in [3.8, 4) is 0 Å². The summed E-state index contributed by atoms with van der Waals surface area (Å²) in [4.78, 5) is 0. The molecule has 108 valence electrons. The van der Waals surface area contributed by atoms with Crippen molar-refractivity contribution >= 4 is 5.90 Å². The average Bonchev–Trinajstić information content (AvgIpc) is 2.58. The molecule has 0 aliphatic rings. The van der Waals surface area contributed by atoms with Gasteiger partial charge in [-0.25, -0.2) is 0 Å². The zero-order valence-electron chi connectivity index (χ0n) is 12.1. The van der Waals surface area contributed by atoms with Gasteiger partial charge in [-0.15, -0.1) is 0 Å². The fourth-order valence-corrected chi connectivity index (χ4v) is 2.21. The molecule has 0 aliphatic carbocycles. The van der Waals surface area contributed by atoms with Crippen molar-refractivity contribution in [3.05, 3.63) is 102 Å². The molecule has 22 heavy (non-hydrogen) atoms. The Hall–Kier alpha value is -2.94. The zero-order valence-corrected chi connectivity index (χ0v) is 12.1. The van der Waals surface area contributed by atoms with E-state index in [0.717, 1.165) is 6.42 Å². The standard InChI is InChI=1S/C19H16N2O/c22-19(18-9-5-2-6-10-18)20-21-13-11-17(12-14-21)15-16-7-3-1-4-8-16/h1-14H,15H2. The van der Waals surface area contributed by atoms with Gasteiger partial charge in [-0.3, -0.25) is 0 Å². The van der Waals surface area contributed by atoms with Gasteiger partial charge in [-0.05, 0) is 28.2 Å². The molecule has 1 heterocycles. The normalized spacial score (nSPS) is 11.4. The van der Waals surface area contributed by atoms with Crippen LogP contribution >= 0.6 is 0 Å². The third-order valence-electron chi connectivity index (χ3n) is 3.36. The molecule has 0 radical (unpaired) electrons. The first-order valence-corrected chi connectivity index (χ1v) is 7.17. The van der Waals surface area contributed by atoms with Gasteiger partial charge in [-0.1, -0.05) is 65.3 Å². The van der Waals surface area contributed by atoms with Crippen LogP contribution in [0.15, 0.2) is 90.3 Å². The fraction of sp³-hybridized carbons (Fsp3) is 0.0526. The Labute approximate surface area is 129 Å². The Bertz CT molecular complexity index is 750. The van der Waals surface area contributed by atoms with Crippen molar-refractivity contribution in [1.82, 2.24) is 0 Å².